The minimum atomic E-state index is -2.57. The van der Waals surface area contributed by atoms with E-state index in [1.165, 1.54) is 0 Å². The van der Waals surface area contributed by atoms with Gasteiger partial charge in [-0.1, -0.05) is 0 Å². The van der Waals surface area contributed by atoms with Gasteiger partial charge in [-0.15, -0.1) is 0 Å². The molecule has 1 heterocycles. The molecule has 0 amide bonds. The molecule has 1 aliphatic rings. The number of rotatable bonds is 4. The molecule has 0 spiro atoms. The van der Waals surface area contributed by atoms with Crippen LogP contribution >= 0.6 is 0 Å². The van der Waals surface area contributed by atoms with Gasteiger partial charge in [0.1, 0.15) is 6.29 Å². The molecule has 88 valence electrons. The molecule has 1 aliphatic heterocycles. The van der Waals surface area contributed by atoms with Gasteiger partial charge in [0, 0.05) is 18.9 Å². The zero-order valence-corrected chi connectivity index (χ0v) is 9.22. The van der Waals surface area contributed by atoms with Gasteiger partial charge >= 0.3 is 0 Å². The highest BCUT2D eigenvalue weighted by atomic mass is 19.3. The van der Waals surface area contributed by atoms with Crippen LogP contribution in [0.2, 0.25) is 0 Å². The van der Waals surface area contributed by atoms with Gasteiger partial charge in [-0.3, -0.25) is 0 Å². The molecule has 0 aromatic heterocycles. The summed E-state index contributed by atoms with van der Waals surface area (Å²) in [6.07, 6.45) is 3.58. The van der Waals surface area contributed by atoms with Crippen LogP contribution < -0.4 is 0 Å². The highest BCUT2D eigenvalue weighted by molar-refractivity contribution is 5.53. The zero-order valence-electron chi connectivity index (χ0n) is 9.22. The minimum Gasteiger partial charge on any atom is -0.303 e. The lowest BCUT2D eigenvalue weighted by Crippen LogP contribution is -2.29. The van der Waals surface area contributed by atoms with Crippen molar-refractivity contribution in [3.8, 4) is 0 Å². The summed E-state index contributed by atoms with van der Waals surface area (Å²) in [5, 5.41) is 0. The fourth-order valence-corrected chi connectivity index (χ4v) is 1.90. The van der Waals surface area contributed by atoms with Gasteiger partial charge in [-0.05, 0) is 39.3 Å². The largest absolute Gasteiger partial charge is 0.303 e. The van der Waals surface area contributed by atoms with Crippen molar-refractivity contribution in [2.75, 3.05) is 19.6 Å². The molecule has 0 aromatic carbocycles. The molecule has 2 nitrogen and oxygen atoms in total. The smallest absolute Gasteiger partial charge is 0.246 e. The van der Waals surface area contributed by atoms with Crippen molar-refractivity contribution < 1.29 is 13.6 Å². The first-order valence-electron chi connectivity index (χ1n) is 5.57. The third-order valence-electron chi connectivity index (χ3n) is 2.92. The first-order chi connectivity index (χ1) is 7.01. The van der Waals surface area contributed by atoms with Gasteiger partial charge in [-0.2, -0.15) is 0 Å². The first-order valence-corrected chi connectivity index (χ1v) is 5.57. The fraction of sp³-hybridized carbons (Fsp3) is 0.909. The van der Waals surface area contributed by atoms with Crippen LogP contribution in [0, 0.1) is 5.92 Å². The Balaban J connectivity index is 2.28. The molecule has 0 aliphatic carbocycles. The Morgan fingerprint density at radius 3 is 2.73 bits per heavy atom. The number of alkyl halides is 2. The SMILES string of the molecule is CC(F)(F)CCN1CCCC(C=O)CC1. The van der Waals surface area contributed by atoms with E-state index in [2.05, 4.69) is 0 Å². The van der Waals surface area contributed by atoms with Crippen LogP contribution in [0.25, 0.3) is 0 Å². The second-order valence-electron chi connectivity index (χ2n) is 4.49. The highest BCUT2D eigenvalue weighted by Crippen LogP contribution is 2.20. The van der Waals surface area contributed by atoms with Crippen LogP contribution in [0.15, 0.2) is 0 Å². The Hall–Kier alpha value is -0.510. The van der Waals surface area contributed by atoms with Crippen molar-refractivity contribution >= 4 is 6.29 Å². The van der Waals surface area contributed by atoms with Crippen LogP contribution in [0.3, 0.4) is 0 Å². The molecule has 1 unspecified atom stereocenters. The number of likely N-dealkylation sites (tertiary alicyclic amines) is 1. The van der Waals surface area contributed by atoms with Crippen molar-refractivity contribution in [2.45, 2.75) is 38.5 Å². The third kappa shape index (κ3) is 5.21. The van der Waals surface area contributed by atoms with Crippen molar-refractivity contribution in [3.05, 3.63) is 0 Å². The maximum Gasteiger partial charge on any atom is 0.246 e. The fourth-order valence-electron chi connectivity index (χ4n) is 1.90. The Morgan fingerprint density at radius 1 is 1.40 bits per heavy atom. The number of nitrogens with zero attached hydrogens (tertiary/aromatic N) is 1. The summed E-state index contributed by atoms with van der Waals surface area (Å²) in [4.78, 5) is 12.6. The monoisotopic (exact) mass is 219 g/mol. The standard InChI is InChI=1S/C11H19F2NO/c1-11(12,13)5-8-14-6-2-3-10(9-15)4-7-14/h9-10H,2-8H2,1H3. The topological polar surface area (TPSA) is 20.3 Å². The molecule has 0 aromatic rings. The average Bonchev–Trinajstić information content (AvgIpc) is 2.38. The quantitative estimate of drug-likeness (QED) is 0.676. The molecule has 1 atom stereocenters. The molecule has 0 bridgehead atoms. The minimum absolute atomic E-state index is 0.0846. The van der Waals surface area contributed by atoms with E-state index < -0.39 is 5.92 Å². The normalized spacial score (nSPS) is 24.9. The van der Waals surface area contributed by atoms with E-state index in [0.29, 0.717) is 6.54 Å². The summed E-state index contributed by atoms with van der Waals surface area (Å²) < 4.78 is 25.3. The van der Waals surface area contributed by atoms with Gasteiger partial charge in [0.05, 0.1) is 0 Å². The predicted octanol–water partition coefficient (Wildman–Crippen LogP) is 2.33. The number of aldehydes is 1. The molecule has 0 N–H and O–H groups in total. The summed E-state index contributed by atoms with van der Waals surface area (Å²) in [5.74, 6) is -2.44. The van der Waals surface area contributed by atoms with Crippen LogP contribution in [0.1, 0.15) is 32.6 Å². The van der Waals surface area contributed by atoms with E-state index in [-0.39, 0.29) is 12.3 Å². The first kappa shape index (κ1) is 12.6. The Bertz CT molecular complexity index is 203. The maximum absolute atomic E-state index is 12.6. The van der Waals surface area contributed by atoms with Crippen LogP contribution in [0.5, 0.6) is 0 Å². The third-order valence-corrected chi connectivity index (χ3v) is 2.92. The molecule has 0 saturated carbocycles. The van der Waals surface area contributed by atoms with Gasteiger partial charge < -0.3 is 9.69 Å². The van der Waals surface area contributed by atoms with Crippen molar-refractivity contribution in [1.82, 2.24) is 4.90 Å². The van der Waals surface area contributed by atoms with Crippen LogP contribution in [0.4, 0.5) is 8.78 Å². The summed E-state index contributed by atoms with van der Waals surface area (Å²) in [6.45, 7) is 3.02. The van der Waals surface area contributed by atoms with E-state index in [0.717, 1.165) is 45.6 Å². The zero-order chi connectivity index (χ0) is 11.3. The highest BCUT2D eigenvalue weighted by Gasteiger charge is 2.23. The van der Waals surface area contributed by atoms with E-state index in [4.69, 9.17) is 0 Å². The molecule has 1 saturated heterocycles. The van der Waals surface area contributed by atoms with Gasteiger partial charge in [0.15, 0.2) is 0 Å². The number of carbonyl (C=O) groups is 1. The van der Waals surface area contributed by atoms with E-state index >= 15 is 0 Å². The predicted molar refractivity (Wildman–Crippen MR) is 55.1 cm³/mol. The number of carbonyl (C=O) groups excluding carboxylic acids is 1. The molecular formula is C11H19F2NO. The summed E-state index contributed by atoms with van der Waals surface area (Å²) in [5.41, 5.74) is 0. The molecule has 4 heteroatoms. The lowest BCUT2D eigenvalue weighted by molar-refractivity contribution is -0.111. The number of hydrogen-bond acceptors (Lipinski definition) is 2. The van der Waals surface area contributed by atoms with E-state index in [1.54, 1.807) is 0 Å². The molecular weight excluding hydrogens is 200 g/mol. The Kier molecular flexibility index (Phi) is 4.64. The second kappa shape index (κ2) is 5.54. The van der Waals surface area contributed by atoms with Crippen molar-refractivity contribution in [3.63, 3.8) is 0 Å². The second-order valence-corrected chi connectivity index (χ2v) is 4.49. The molecule has 15 heavy (non-hydrogen) atoms. The van der Waals surface area contributed by atoms with E-state index in [1.807, 2.05) is 4.90 Å². The van der Waals surface area contributed by atoms with Crippen LogP contribution in [-0.4, -0.2) is 36.7 Å². The lowest BCUT2D eigenvalue weighted by atomic mass is 10.0. The number of hydrogen-bond donors (Lipinski definition) is 0. The van der Waals surface area contributed by atoms with Gasteiger partial charge in [0.25, 0.3) is 0 Å². The number of halogens is 2. The Morgan fingerprint density at radius 2 is 2.13 bits per heavy atom. The summed E-state index contributed by atoms with van der Waals surface area (Å²) >= 11 is 0. The van der Waals surface area contributed by atoms with Gasteiger partial charge in [-0.25, -0.2) is 8.78 Å². The maximum atomic E-state index is 12.6. The summed E-state index contributed by atoms with van der Waals surface area (Å²) in [6, 6.07) is 0. The van der Waals surface area contributed by atoms with Crippen LogP contribution in [-0.2, 0) is 4.79 Å². The van der Waals surface area contributed by atoms with E-state index in [9.17, 15) is 13.6 Å². The Labute approximate surface area is 89.6 Å². The molecule has 1 fully saturated rings. The molecule has 1 rings (SSSR count). The van der Waals surface area contributed by atoms with Gasteiger partial charge in [0.2, 0.25) is 5.92 Å². The molecule has 0 radical (unpaired) electrons. The van der Waals surface area contributed by atoms with Crippen molar-refractivity contribution in [1.29, 1.82) is 0 Å². The van der Waals surface area contributed by atoms with Crippen molar-refractivity contribution in [2.24, 2.45) is 5.92 Å². The lowest BCUT2D eigenvalue weighted by Gasteiger charge is -2.21. The average molecular weight is 219 g/mol. The summed E-state index contributed by atoms with van der Waals surface area (Å²) in [7, 11) is 0.